The van der Waals surface area contributed by atoms with Gasteiger partial charge in [0.2, 0.25) is 5.91 Å². The van der Waals surface area contributed by atoms with Crippen LogP contribution in [0.2, 0.25) is 0 Å². The molecule has 0 unspecified atom stereocenters. The Kier molecular flexibility index (Phi) is 5.46. The number of para-hydroxylation sites is 1. The fraction of sp³-hybridized carbons (Fsp3) is 0.316. The Morgan fingerprint density at radius 1 is 0.962 bits per heavy atom. The lowest BCUT2D eigenvalue weighted by molar-refractivity contribution is -0.120. The van der Waals surface area contributed by atoms with Gasteiger partial charge in [-0.25, -0.2) is 13.2 Å². The van der Waals surface area contributed by atoms with Gasteiger partial charge < -0.3 is 10.2 Å². The first-order valence-corrected chi connectivity index (χ1v) is 8.46. The second kappa shape index (κ2) is 7.78. The van der Waals surface area contributed by atoms with E-state index < -0.39 is 29.4 Å². The van der Waals surface area contributed by atoms with Gasteiger partial charge in [0.05, 0.1) is 11.7 Å². The zero-order valence-electron chi connectivity index (χ0n) is 14.4. The lowest BCUT2D eigenvalue weighted by atomic mass is 10.2. The van der Waals surface area contributed by atoms with Gasteiger partial charge in [0, 0.05) is 31.9 Å². The molecule has 1 fully saturated rings. The first-order valence-electron chi connectivity index (χ1n) is 8.46. The van der Waals surface area contributed by atoms with Gasteiger partial charge in [-0.1, -0.05) is 18.2 Å². The number of carbonyl (C=O) groups excluding carboxylic acids is 1. The van der Waals surface area contributed by atoms with Gasteiger partial charge >= 0.3 is 0 Å². The Morgan fingerprint density at radius 2 is 1.62 bits per heavy atom. The number of halogens is 3. The van der Waals surface area contributed by atoms with E-state index in [9.17, 15) is 18.0 Å². The zero-order chi connectivity index (χ0) is 18.7. The fourth-order valence-electron chi connectivity index (χ4n) is 3.03. The van der Waals surface area contributed by atoms with Gasteiger partial charge in [0.1, 0.15) is 0 Å². The number of nitrogens with zero attached hydrogens (tertiary/aromatic N) is 2. The molecule has 1 saturated heterocycles. The minimum atomic E-state index is -1.59. The zero-order valence-corrected chi connectivity index (χ0v) is 14.4. The maximum atomic E-state index is 13.7. The lowest BCUT2D eigenvalue weighted by Crippen LogP contribution is -2.52. The largest absolute Gasteiger partial charge is 0.369 e. The molecule has 1 aliphatic rings. The number of rotatable bonds is 4. The van der Waals surface area contributed by atoms with Crippen LogP contribution in [0.1, 0.15) is 6.92 Å². The predicted octanol–water partition coefficient (Wildman–Crippen LogP) is 3.25. The summed E-state index contributed by atoms with van der Waals surface area (Å²) in [5.74, 6) is -4.72. The first-order chi connectivity index (χ1) is 12.5. The molecule has 1 amide bonds. The summed E-state index contributed by atoms with van der Waals surface area (Å²) in [5.41, 5.74) is 0.775. The highest BCUT2D eigenvalue weighted by atomic mass is 19.2. The summed E-state index contributed by atoms with van der Waals surface area (Å²) in [4.78, 5) is 16.6. The molecule has 1 heterocycles. The van der Waals surface area contributed by atoms with Crippen LogP contribution >= 0.6 is 0 Å². The molecule has 2 aromatic carbocycles. The van der Waals surface area contributed by atoms with Gasteiger partial charge in [-0.05, 0) is 31.2 Å². The molecule has 7 heteroatoms. The molecule has 1 N–H and O–H groups in total. The third-order valence-electron chi connectivity index (χ3n) is 4.66. The molecule has 0 aliphatic carbocycles. The van der Waals surface area contributed by atoms with E-state index in [4.69, 9.17) is 0 Å². The number of carbonyl (C=O) groups is 1. The van der Waals surface area contributed by atoms with Crippen molar-refractivity contribution in [3.63, 3.8) is 0 Å². The van der Waals surface area contributed by atoms with E-state index in [0.717, 1.165) is 30.9 Å². The molecule has 0 saturated carbocycles. The molecule has 0 bridgehead atoms. The summed E-state index contributed by atoms with van der Waals surface area (Å²) in [6.07, 6.45) is 0. The maximum Gasteiger partial charge on any atom is 0.241 e. The Labute approximate surface area is 150 Å². The summed E-state index contributed by atoms with van der Waals surface area (Å²) in [6, 6.07) is 11.3. The summed E-state index contributed by atoms with van der Waals surface area (Å²) in [6.45, 7) is 4.58. The van der Waals surface area contributed by atoms with Crippen molar-refractivity contribution in [3.05, 3.63) is 59.9 Å². The predicted molar refractivity (Wildman–Crippen MR) is 94.6 cm³/mol. The third-order valence-corrected chi connectivity index (χ3v) is 4.66. The molecule has 2 aromatic rings. The summed E-state index contributed by atoms with van der Waals surface area (Å²) >= 11 is 0. The van der Waals surface area contributed by atoms with Gasteiger partial charge in [0.25, 0.3) is 0 Å². The molecule has 3 rings (SSSR count). The van der Waals surface area contributed by atoms with Crippen LogP contribution in [0.25, 0.3) is 0 Å². The van der Waals surface area contributed by atoms with Crippen molar-refractivity contribution in [1.29, 1.82) is 0 Å². The Morgan fingerprint density at radius 3 is 2.27 bits per heavy atom. The van der Waals surface area contributed by atoms with Crippen molar-refractivity contribution in [1.82, 2.24) is 4.90 Å². The Bertz CT molecular complexity index is 777. The molecule has 0 spiro atoms. The number of hydrogen-bond acceptors (Lipinski definition) is 3. The van der Waals surface area contributed by atoms with Crippen LogP contribution in [-0.4, -0.2) is 43.0 Å². The number of amides is 1. The van der Waals surface area contributed by atoms with Crippen LogP contribution in [0.15, 0.2) is 42.5 Å². The Balaban J connectivity index is 1.59. The highest BCUT2D eigenvalue weighted by molar-refractivity contribution is 5.94. The standard InChI is InChI=1S/C19H20F3N3O/c1-13(19(26)23-16-8-7-15(20)17(21)18(16)22)24-9-11-25(12-10-24)14-5-3-2-4-6-14/h2-8,13H,9-12H2,1H3,(H,23,26)/t13-/m0/s1. The van der Waals surface area contributed by atoms with Gasteiger partial charge in [-0.2, -0.15) is 0 Å². The molecule has 4 nitrogen and oxygen atoms in total. The average molecular weight is 363 g/mol. The number of hydrogen-bond donors (Lipinski definition) is 1. The van der Waals surface area contributed by atoms with E-state index in [0.29, 0.717) is 13.1 Å². The third kappa shape index (κ3) is 3.83. The van der Waals surface area contributed by atoms with Crippen LogP contribution in [0, 0.1) is 17.5 Å². The van der Waals surface area contributed by atoms with Crippen LogP contribution < -0.4 is 10.2 Å². The Hall–Kier alpha value is -2.54. The van der Waals surface area contributed by atoms with Gasteiger partial charge in [-0.3, -0.25) is 9.69 Å². The van der Waals surface area contributed by atoms with Crippen molar-refractivity contribution in [2.24, 2.45) is 0 Å². The van der Waals surface area contributed by atoms with Crippen LogP contribution in [0.3, 0.4) is 0 Å². The van der Waals surface area contributed by atoms with E-state index in [1.165, 1.54) is 0 Å². The number of nitrogens with one attached hydrogen (secondary N) is 1. The summed E-state index contributed by atoms with van der Waals surface area (Å²) in [5, 5.41) is 2.34. The minimum absolute atomic E-state index is 0.358. The molecule has 1 aliphatic heterocycles. The number of anilines is 2. The monoisotopic (exact) mass is 363 g/mol. The molecular formula is C19H20F3N3O. The second-order valence-electron chi connectivity index (χ2n) is 6.25. The van der Waals surface area contributed by atoms with Crippen LogP contribution in [-0.2, 0) is 4.79 Å². The molecular weight excluding hydrogens is 343 g/mol. The van der Waals surface area contributed by atoms with E-state index in [1.807, 2.05) is 35.2 Å². The van der Waals surface area contributed by atoms with Crippen LogP contribution in [0.5, 0.6) is 0 Å². The maximum absolute atomic E-state index is 13.7. The SMILES string of the molecule is C[C@@H](C(=O)Nc1ccc(F)c(F)c1F)N1CCN(c2ccccc2)CC1. The summed E-state index contributed by atoms with van der Waals surface area (Å²) in [7, 11) is 0. The fourth-order valence-corrected chi connectivity index (χ4v) is 3.03. The molecule has 1 atom stereocenters. The van der Waals surface area contributed by atoms with Crippen molar-refractivity contribution in [3.8, 4) is 0 Å². The second-order valence-corrected chi connectivity index (χ2v) is 6.25. The van der Waals surface area contributed by atoms with Crippen molar-refractivity contribution >= 4 is 17.3 Å². The number of benzene rings is 2. The molecule has 138 valence electrons. The van der Waals surface area contributed by atoms with Crippen molar-refractivity contribution in [2.45, 2.75) is 13.0 Å². The first kappa shape index (κ1) is 18.3. The lowest BCUT2D eigenvalue weighted by Gasteiger charge is -2.38. The van der Waals surface area contributed by atoms with Crippen LogP contribution in [0.4, 0.5) is 24.5 Å². The highest BCUT2D eigenvalue weighted by Gasteiger charge is 2.26. The molecule has 26 heavy (non-hydrogen) atoms. The van der Waals surface area contributed by atoms with E-state index in [-0.39, 0.29) is 5.69 Å². The van der Waals surface area contributed by atoms with E-state index in [1.54, 1.807) is 6.92 Å². The van der Waals surface area contributed by atoms with Crippen molar-refractivity contribution < 1.29 is 18.0 Å². The van der Waals surface area contributed by atoms with E-state index in [2.05, 4.69) is 10.2 Å². The van der Waals surface area contributed by atoms with Gasteiger partial charge in [0.15, 0.2) is 17.5 Å². The topological polar surface area (TPSA) is 35.6 Å². The number of piperazine rings is 1. The highest BCUT2D eigenvalue weighted by Crippen LogP contribution is 2.21. The average Bonchev–Trinajstić information content (AvgIpc) is 2.68. The van der Waals surface area contributed by atoms with Gasteiger partial charge in [-0.15, -0.1) is 0 Å². The smallest absolute Gasteiger partial charge is 0.241 e. The normalized spacial score (nSPS) is 16.4. The van der Waals surface area contributed by atoms with E-state index >= 15 is 0 Å². The summed E-state index contributed by atoms with van der Waals surface area (Å²) < 4.78 is 40.0. The molecule has 0 aromatic heterocycles. The quantitative estimate of drug-likeness (QED) is 0.847. The van der Waals surface area contributed by atoms with Crippen molar-refractivity contribution in [2.75, 3.05) is 36.4 Å². The minimum Gasteiger partial charge on any atom is -0.369 e. The molecule has 0 radical (unpaired) electrons.